The quantitative estimate of drug-likeness (QED) is 0.691. The van der Waals surface area contributed by atoms with Gasteiger partial charge >= 0.3 is 0 Å². The average molecular weight is 296 g/mol. The molecule has 0 bridgehead atoms. The van der Waals surface area contributed by atoms with Gasteiger partial charge in [-0.25, -0.2) is 0 Å². The summed E-state index contributed by atoms with van der Waals surface area (Å²) in [7, 11) is 1.51. The summed E-state index contributed by atoms with van der Waals surface area (Å²) in [6, 6.07) is 12.0. The first-order valence-electron chi connectivity index (χ1n) is 6.52. The van der Waals surface area contributed by atoms with Gasteiger partial charge in [-0.2, -0.15) is 4.98 Å². The summed E-state index contributed by atoms with van der Waals surface area (Å²) in [6.45, 7) is 0. The largest absolute Gasteiger partial charge is 0.493 e. The van der Waals surface area contributed by atoms with Crippen molar-refractivity contribution in [3.63, 3.8) is 0 Å². The molecule has 6 nitrogen and oxygen atoms in total. The molecule has 0 aliphatic heterocycles. The van der Waals surface area contributed by atoms with E-state index in [9.17, 15) is 9.59 Å². The first kappa shape index (κ1) is 13.8. The van der Waals surface area contributed by atoms with E-state index in [0.717, 1.165) is 0 Å². The number of pyridine rings is 1. The minimum Gasteiger partial charge on any atom is -0.493 e. The van der Waals surface area contributed by atoms with Crippen molar-refractivity contribution < 1.29 is 14.3 Å². The summed E-state index contributed by atoms with van der Waals surface area (Å²) in [5.74, 6) is 0.811. The van der Waals surface area contributed by atoms with Gasteiger partial charge in [0.05, 0.1) is 7.11 Å². The Bertz CT molecular complexity index is 902. The number of hydrogen-bond donors (Lipinski definition) is 0. The van der Waals surface area contributed by atoms with Gasteiger partial charge in [-0.3, -0.25) is 14.0 Å². The van der Waals surface area contributed by atoms with Crippen LogP contribution in [-0.2, 0) is 0 Å². The fourth-order valence-corrected chi connectivity index (χ4v) is 2.07. The van der Waals surface area contributed by atoms with Crippen LogP contribution < -0.4 is 15.0 Å². The van der Waals surface area contributed by atoms with Gasteiger partial charge in [0, 0.05) is 6.20 Å². The third kappa shape index (κ3) is 2.31. The third-order valence-corrected chi connectivity index (χ3v) is 3.13. The molecular formula is C16H12N2O4. The predicted octanol–water partition coefficient (Wildman–Crippen LogP) is 2.31. The Morgan fingerprint density at radius 2 is 1.82 bits per heavy atom. The zero-order valence-corrected chi connectivity index (χ0v) is 11.7. The molecular weight excluding hydrogens is 284 g/mol. The molecule has 3 rings (SSSR count). The summed E-state index contributed by atoms with van der Waals surface area (Å²) in [6.07, 6.45) is 1.99. The Hall–Kier alpha value is -3.15. The molecule has 0 fully saturated rings. The van der Waals surface area contributed by atoms with E-state index >= 15 is 0 Å². The molecule has 0 saturated heterocycles. The third-order valence-electron chi connectivity index (χ3n) is 3.13. The van der Waals surface area contributed by atoms with Gasteiger partial charge in [-0.1, -0.05) is 18.2 Å². The lowest BCUT2D eigenvalue weighted by atomic mass is 10.3. The lowest BCUT2D eigenvalue weighted by molar-refractivity contribution is 0.111. The van der Waals surface area contributed by atoms with Gasteiger partial charge in [0.2, 0.25) is 5.88 Å². The Kier molecular flexibility index (Phi) is 3.57. The first-order valence-corrected chi connectivity index (χ1v) is 6.52. The Balaban J connectivity index is 2.18. The van der Waals surface area contributed by atoms with Crippen molar-refractivity contribution in [2.75, 3.05) is 7.11 Å². The van der Waals surface area contributed by atoms with Crippen molar-refractivity contribution in [2.45, 2.75) is 0 Å². The van der Waals surface area contributed by atoms with E-state index in [1.165, 1.54) is 11.5 Å². The van der Waals surface area contributed by atoms with Crippen LogP contribution in [0.15, 0.2) is 53.5 Å². The maximum atomic E-state index is 12.3. The van der Waals surface area contributed by atoms with Crippen molar-refractivity contribution >= 4 is 11.9 Å². The highest BCUT2D eigenvalue weighted by Crippen LogP contribution is 2.30. The van der Waals surface area contributed by atoms with Crippen molar-refractivity contribution in [3.05, 3.63) is 64.6 Å². The number of rotatable bonds is 4. The fourth-order valence-electron chi connectivity index (χ4n) is 2.07. The Morgan fingerprint density at radius 1 is 1.09 bits per heavy atom. The zero-order chi connectivity index (χ0) is 15.5. The second kappa shape index (κ2) is 5.69. The number of methoxy groups -OCH3 is 1. The summed E-state index contributed by atoms with van der Waals surface area (Å²) >= 11 is 0. The molecule has 6 heteroatoms. The molecule has 0 unspecified atom stereocenters. The number of aldehydes is 1. The van der Waals surface area contributed by atoms with Crippen LogP contribution in [0.3, 0.4) is 0 Å². The summed E-state index contributed by atoms with van der Waals surface area (Å²) in [5, 5.41) is 0. The molecule has 0 saturated carbocycles. The fraction of sp³-hybridized carbons (Fsp3) is 0.0625. The molecule has 110 valence electrons. The lowest BCUT2D eigenvalue weighted by Gasteiger charge is -2.11. The van der Waals surface area contributed by atoms with E-state index in [-0.39, 0.29) is 11.4 Å². The molecule has 0 radical (unpaired) electrons. The van der Waals surface area contributed by atoms with E-state index < -0.39 is 5.56 Å². The number of ether oxygens (including phenoxy) is 2. The van der Waals surface area contributed by atoms with Gasteiger partial charge < -0.3 is 9.47 Å². The van der Waals surface area contributed by atoms with Gasteiger partial charge in [-0.05, 0) is 24.3 Å². The van der Waals surface area contributed by atoms with Gasteiger partial charge in [-0.15, -0.1) is 0 Å². The minimum atomic E-state index is -0.481. The molecule has 0 aliphatic carbocycles. The van der Waals surface area contributed by atoms with Crippen LogP contribution in [0, 0.1) is 0 Å². The standard InChI is InChI=1S/C16H12N2O4/c1-21-12-6-2-3-7-13(12)22-15-11(10-19)16(20)18-9-5-4-8-14(18)17-15/h2-10H,1H3. The number of fused-ring (bicyclic) bond motifs is 1. The summed E-state index contributed by atoms with van der Waals surface area (Å²) < 4.78 is 12.1. The highest BCUT2D eigenvalue weighted by Gasteiger charge is 2.15. The maximum absolute atomic E-state index is 12.3. The SMILES string of the molecule is COc1ccccc1Oc1nc2ccccn2c(=O)c1C=O. The number of carbonyl (C=O) groups is 1. The molecule has 0 amide bonds. The van der Waals surface area contributed by atoms with Crippen LogP contribution in [-0.4, -0.2) is 22.8 Å². The van der Waals surface area contributed by atoms with Gasteiger partial charge in [0.1, 0.15) is 11.2 Å². The second-order valence-corrected chi connectivity index (χ2v) is 4.44. The molecule has 0 aliphatic rings. The Labute approximate surface area is 125 Å². The van der Waals surface area contributed by atoms with E-state index in [1.807, 2.05) is 0 Å². The number of para-hydroxylation sites is 2. The molecule has 22 heavy (non-hydrogen) atoms. The number of nitrogens with zero attached hydrogens (tertiary/aromatic N) is 2. The van der Waals surface area contributed by atoms with Crippen molar-refractivity contribution in [1.29, 1.82) is 0 Å². The predicted molar refractivity (Wildman–Crippen MR) is 79.9 cm³/mol. The maximum Gasteiger partial charge on any atom is 0.272 e. The minimum absolute atomic E-state index is 0.0456. The number of carbonyl (C=O) groups excluding carboxylic acids is 1. The van der Waals surface area contributed by atoms with Crippen LogP contribution in [0.5, 0.6) is 17.4 Å². The summed E-state index contributed by atoms with van der Waals surface area (Å²) in [5.41, 5.74) is -0.233. The zero-order valence-electron chi connectivity index (χ0n) is 11.7. The van der Waals surface area contributed by atoms with Crippen LogP contribution in [0.4, 0.5) is 0 Å². The molecule has 0 N–H and O–H groups in total. The van der Waals surface area contributed by atoms with Crippen LogP contribution >= 0.6 is 0 Å². The van der Waals surface area contributed by atoms with Gasteiger partial charge in [0.15, 0.2) is 17.8 Å². The first-order chi connectivity index (χ1) is 10.7. The van der Waals surface area contributed by atoms with E-state index in [4.69, 9.17) is 9.47 Å². The van der Waals surface area contributed by atoms with E-state index in [0.29, 0.717) is 23.4 Å². The molecule has 3 aromatic rings. The number of aromatic nitrogens is 2. The van der Waals surface area contributed by atoms with Crippen molar-refractivity contribution in [1.82, 2.24) is 9.38 Å². The van der Waals surface area contributed by atoms with E-state index in [1.54, 1.807) is 48.7 Å². The molecule has 2 heterocycles. The number of hydrogen-bond acceptors (Lipinski definition) is 5. The Morgan fingerprint density at radius 3 is 2.55 bits per heavy atom. The van der Waals surface area contributed by atoms with Crippen molar-refractivity contribution in [3.8, 4) is 17.4 Å². The normalized spacial score (nSPS) is 10.4. The smallest absolute Gasteiger partial charge is 0.272 e. The molecule has 1 aromatic carbocycles. The highest BCUT2D eigenvalue weighted by atomic mass is 16.5. The van der Waals surface area contributed by atoms with Crippen LogP contribution in [0.25, 0.3) is 5.65 Å². The van der Waals surface area contributed by atoms with E-state index in [2.05, 4.69) is 4.98 Å². The molecule has 2 aromatic heterocycles. The highest BCUT2D eigenvalue weighted by molar-refractivity contribution is 5.78. The average Bonchev–Trinajstić information content (AvgIpc) is 2.56. The van der Waals surface area contributed by atoms with Crippen molar-refractivity contribution in [2.24, 2.45) is 0 Å². The van der Waals surface area contributed by atoms with Crippen LogP contribution in [0.1, 0.15) is 10.4 Å². The van der Waals surface area contributed by atoms with Gasteiger partial charge in [0.25, 0.3) is 5.56 Å². The van der Waals surface area contributed by atoms with Crippen LogP contribution in [0.2, 0.25) is 0 Å². The monoisotopic (exact) mass is 296 g/mol. The lowest BCUT2D eigenvalue weighted by Crippen LogP contribution is -2.20. The number of benzene rings is 1. The molecule has 0 spiro atoms. The second-order valence-electron chi connectivity index (χ2n) is 4.44. The molecule has 0 atom stereocenters. The summed E-state index contributed by atoms with van der Waals surface area (Å²) in [4.78, 5) is 27.8. The topological polar surface area (TPSA) is 69.9 Å².